The third kappa shape index (κ3) is 3.85. The van der Waals surface area contributed by atoms with E-state index >= 15 is 0 Å². The second-order valence-electron chi connectivity index (χ2n) is 7.17. The number of nitrogens with one attached hydrogen (secondary N) is 1. The van der Waals surface area contributed by atoms with Crippen LogP contribution in [0.25, 0.3) is 5.69 Å². The Morgan fingerprint density at radius 2 is 1.93 bits per heavy atom. The molecule has 0 spiro atoms. The van der Waals surface area contributed by atoms with Gasteiger partial charge in [0, 0.05) is 30.3 Å². The number of rotatable bonds is 7. The van der Waals surface area contributed by atoms with Crippen molar-refractivity contribution in [1.82, 2.24) is 19.8 Å². The Morgan fingerprint density at radius 1 is 1.10 bits per heavy atom. The van der Waals surface area contributed by atoms with Gasteiger partial charge in [-0.2, -0.15) is 0 Å². The van der Waals surface area contributed by atoms with Crippen molar-refractivity contribution in [2.75, 3.05) is 13.7 Å². The van der Waals surface area contributed by atoms with E-state index in [1.54, 1.807) is 7.11 Å². The molecule has 3 aromatic rings. The van der Waals surface area contributed by atoms with Gasteiger partial charge >= 0.3 is 0 Å². The predicted octanol–water partition coefficient (Wildman–Crippen LogP) is 4.65. The average Bonchev–Trinajstić information content (AvgIpc) is 3.37. The highest BCUT2D eigenvalue weighted by Gasteiger charge is 2.40. The summed E-state index contributed by atoms with van der Waals surface area (Å²) in [6.07, 6.45) is 6.16. The summed E-state index contributed by atoms with van der Waals surface area (Å²) in [5.74, 6) is 0.849. The number of ether oxygens (including phenoxy) is 1. The Hall–Kier alpha value is -2.86. The van der Waals surface area contributed by atoms with Gasteiger partial charge in [-0.1, -0.05) is 19.4 Å². The number of unbranched alkanes of at least 4 members (excludes halogenated alkanes) is 1. The van der Waals surface area contributed by atoms with Crippen LogP contribution in [0, 0.1) is 0 Å². The van der Waals surface area contributed by atoms with Gasteiger partial charge < -0.3 is 19.5 Å². The average molecular weight is 407 g/mol. The molecule has 1 N–H and O–H groups in total. The van der Waals surface area contributed by atoms with Crippen molar-refractivity contribution in [2.24, 2.45) is 0 Å². The quantitative estimate of drug-likeness (QED) is 0.579. The topological polar surface area (TPSA) is 42.3 Å². The zero-order valence-corrected chi connectivity index (χ0v) is 17.6. The van der Waals surface area contributed by atoms with Crippen molar-refractivity contribution in [3.05, 3.63) is 78.4 Å². The lowest BCUT2D eigenvalue weighted by Crippen LogP contribution is -2.31. The Labute approximate surface area is 177 Å². The maximum absolute atomic E-state index is 5.74. The van der Waals surface area contributed by atoms with E-state index in [1.165, 1.54) is 5.69 Å². The largest absolute Gasteiger partial charge is 0.497 e. The van der Waals surface area contributed by atoms with Crippen LogP contribution in [0.15, 0.2) is 67.0 Å². The van der Waals surface area contributed by atoms with Crippen LogP contribution in [0.4, 0.5) is 0 Å². The van der Waals surface area contributed by atoms with Crippen molar-refractivity contribution in [2.45, 2.75) is 31.8 Å². The fourth-order valence-electron chi connectivity index (χ4n) is 3.91. The Morgan fingerprint density at radius 3 is 2.62 bits per heavy atom. The standard InChI is InChI=1S/C23H26N4OS/c1-3-4-15-27-22(21(25-23(27)29)19-8-5-6-14-24-19)20-9-7-16-26(20)17-10-12-18(28-2)13-11-17/h5-14,16,21-22H,3-4,15H2,1-2H3,(H,25,29)/t21-,22-/m1/s1. The van der Waals surface area contributed by atoms with E-state index in [2.05, 4.69) is 63.2 Å². The maximum atomic E-state index is 5.74. The van der Waals surface area contributed by atoms with Crippen LogP contribution >= 0.6 is 12.2 Å². The molecule has 6 heteroatoms. The Bertz CT molecular complexity index is 955. The molecular weight excluding hydrogens is 380 g/mol. The molecule has 29 heavy (non-hydrogen) atoms. The molecule has 1 aliphatic rings. The molecule has 2 atom stereocenters. The van der Waals surface area contributed by atoms with Crippen molar-refractivity contribution in [1.29, 1.82) is 0 Å². The normalized spacial score (nSPS) is 18.7. The predicted molar refractivity (Wildman–Crippen MR) is 119 cm³/mol. The summed E-state index contributed by atoms with van der Waals surface area (Å²) in [6, 6.07) is 18.5. The number of aromatic nitrogens is 2. The first-order chi connectivity index (χ1) is 14.2. The molecule has 0 aliphatic carbocycles. The molecule has 3 heterocycles. The zero-order chi connectivity index (χ0) is 20.2. The van der Waals surface area contributed by atoms with Gasteiger partial charge in [0.1, 0.15) is 5.75 Å². The number of hydrogen-bond donors (Lipinski definition) is 1. The third-order valence-corrected chi connectivity index (χ3v) is 5.74. The molecule has 1 fully saturated rings. The van der Waals surface area contributed by atoms with E-state index < -0.39 is 0 Å². The van der Waals surface area contributed by atoms with Gasteiger partial charge in [0.2, 0.25) is 0 Å². The van der Waals surface area contributed by atoms with Crippen LogP contribution in [-0.2, 0) is 0 Å². The van der Waals surface area contributed by atoms with Crippen LogP contribution in [0.2, 0.25) is 0 Å². The molecule has 1 saturated heterocycles. The lowest BCUT2D eigenvalue weighted by Gasteiger charge is -2.29. The third-order valence-electron chi connectivity index (χ3n) is 5.38. The SMILES string of the molecule is CCCCN1C(=S)N[C@H](c2ccccn2)[C@H]1c1cccn1-c1ccc(OC)cc1. The van der Waals surface area contributed by atoms with Crippen LogP contribution in [0.3, 0.4) is 0 Å². The summed E-state index contributed by atoms with van der Waals surface area (Å²) >= 11 is 5.74. The number of benzene rings is 1. The van der Waals surface area contributed by atoms with Crippen LogP contribution < -0.4 is 10.1 Å². The van der Waals surface area contributed by atoms with Gasteiger partial charge in [-0.15, -0.1) is 0 Å². The first-order valence-electron chi connectivity index (χ1n) is 10.0. The molecular formula is C23H26N4OS. The van der Waals surface area contributed by atoms with Crippen molar-refractivity contribution in [3.8, 4) is 11.4 Å². The Kier molecular flexibility index (Phi) is 5.81. The number of methoxy groups -OCH3 is 1. The summed E-state index contributed by atoms with van der Waals surface area (Å²) in [5.41, 5.74) is 3.29. The smallest absolute Gasteiger partial charge is 0.170 e. The van der Waals surface area contributed by atoms with Crippen molar-refractivity contribution >= 4 is 17.3 Å². The molecule has 5 nitrogen and oxygen atoms in total. The van der Waals surface area contributed by atoms with Gasteiger partial charge in [-0.3, -0.25) is 4.98 Å². The number of hydrogen-bond acceptors (Lipinski definition) is 3. The van der Waals surface area contributed by atoms with Gasteiger partial charge in [0.05, 0.1) is 24.9 Å². The molecule has 0 saturated carbocycles. The monoisotopic (exact) mass is 406 g/mol. The van der Waals surface area contributed by atoms with Gasteiger partial charge in [0.25, 0.3) is 0 Å². The van der Waals surface area contributed by atoms with Gasteiger partial charge in [-0.05, 0) is 67.2 Å². The van der Waals surface area contributed by atoms with Crippen LogP contribution in [0.1, 0.15) is 43.2 Å². The van der Waals surface area contributed by atoms with E-state index in [4.69, 9.17) is 17.0 Å². The fourth-order valence-corrected chi connectivity index (χ4v) is 4.24. The van der Waals surface area contributed by atoms with E-state index in [0.29, 0.717) is 0 Å². The number of nitrogens with zero attached hydrogens (tertiary/aromatic N) is 3. The summed E-state index contributed by atoms with van der Waals surface area (Å²) in [7, 11) is 1.68. The number of thiocarbonyl (C=S) groups is 1. The molecule has 0 bridgehead atoms. The highest BCUT2D eigenvalue weighted by Crippen LogP contribution is 2.39. The van der Waals surface area contributed by atoms with Gasteiger partial charge in [-0.25, -0.2) is 0 Å². The van der Waals surface area contributed by atoms with E-state index in [0.717, 1.165) is 41.6 Å². The second-order valence-corrected chi connectivity index (χ2v) is 7.56. The summed E-state index contributed by atoms with van der Waals surface area (Å²) < 4.78 is 7.54. The highest BCUT2D eigenvalue weighted by atomic mass is 32.1. The molecule has 4 rings (SSSR count). The van der Waals surface area contributed by atoms with Crippen LogP contribution in [0.5, 0.6) is 5.75 Å². The van der Waals surface area contributed by atoms with Crippen molar-refractivity contribution < 1.29 is 4.74 Å². The lowest BCUT2D eigenvalue weighted by atomic mass is 10.0. The molecule has 0 amide bonds. The number of pyridine rings is 1. The van der Waals surface area contributed by atoms with Crippen LogP contribution in [-0.4, -0.2) is 33.2 Å². The molecule has 1 aromatic carbocycles. The lowest BCUT2D eigenvalue weighted by molar-refractivity contribution is 0.304. The fraction of sp³-hybridized carbons (Fsp3) is 0.304. The minimum Gasteiger partial charge on any atom is -0.497 e. The molecule has 2 aromatic heterocycles. The highest BCUT2D eigenvalue weighted by molar-refractivity contribution is 7.80. The minimum atomic E-state index is 0.00690. The zero-order valence-electron chi connectivity index (χ0n) is 16.8. The summed E-state index contributed by atoms with van der Waals surface area (Å²) in [5, 5.41) is 4.32. The van der Waals surface area contributed by atoms with E-state index in [9.17, 15) is 0 Å². The van der Waals surface area contributed by atoms with Gasteiger partial charge in [0.15, 0.2) is 5.11 Å². The second kappa shape index (κ2) is 8.66. The first-order valence-corrected chi connectivity index (χ1v) is 10.4. The molecule has 150 valence electrons. The Balaban J connectivity index is 1.76. The maximum Gasteiger partial charge on any atom is 0.170 e. The minimum absolute atomic E-state index is 0.00690. The molecule has 1 aliphatic heterocycles. The van der Waals surface area contributed by atoms with Crippen molar-refractivity contribution in [3.63, 3.8) is 0 Å². The van der Waals surface area contributed by atoms with E-state index in [-0.39, 0.29) is 12.1 Å². The van der Waals surface area contributed by atoms with E-state index in [1.807, 2.05) is 30.5 Å². The first kappa shape index (κ1) is 19.5. The molecule has 0 unspecified atom stereocenters. The summed E-state index contributed by atoms with van der Waals surface area (Å²) in [6.45, 7) is 3.13. The molecule has 0 radical (unpaired) electrons. The summed E-state index contributed by atoms with van der Waals surface area (Å²) in [4.78, 5) is 6.93.